The van der Waals surface area contributed by atoms with Crippen molar-refractivity contribution in [2.75, 3.05) is 14.2 Å². The zero-order chi connectivity index (χ0) is 14.3. The molecule has 1 N–H and O–H groups in total. The van der Waals surface area contributed by atoms with E-state index in [1.807, 2.05) is 0 Å². The van der Waals surface area contributed by atoms with Crippen molar-refractivity contribution in [3.05, 3.63) is 11.6 Å². The van der Waals surface area contributed by atoms with E-state index in [1.54, 1.807) is 6.08 Å². The number of carbonyl (C=O) groups is 2. The summed E-state index contributed by atoms with van der Waals surface area (Å²) in [6.45, 7) is 1.52. The maximum Gasteiger partial charge on any atom is 0.360 e. The van der Waals surface area contributed by atoms with Gasteiger partial charge >= 0.3 is 5.97 Å². The molecule has 0 heterocycles. The van der Waals surface area contributed by atoms with E-state index in [4.69, 9.17) is 0 Å². The molecule has 1 rings (SSSR count). The van der Waals surface area contributed by atoms with Crippen LogP contribution in [-0.4, -0.2) is 37.8 Å². The molecule has 1 fully saturated rings. The zero-order valence-corrected chi connectivity index (χ0v) is 11.6. The van der Waals surface area contributed by atoms with Gasteiger partial charge in [0.2, 0.25) is 5.91 Å². The predicted molar refractivity (Wildman–Crippen MR) is 70.6 cm³/mol. The molecular weight excluding hydrogens is 248 g/mol. The third-order valence-corrected chi connectivity index (χ3v) is 2.96. The number of oxime groups is 1. The monoisotopic (exact) mass is 268 g/mol. The van der Waals surface area contributed by atoms with Crippen molar-refractivity contribution in [3.8, 4) is 0 Å². The van der Waals surface area contributed by atoms with E-state index in [-0.39, 0.29) is 17.7 Å². The highest BCUT2D eigenvalue weighted by Crippen LogP contribution is 2.23. The Morgan fingerprint density at radius 1 is 1.32 bits per heavy atom. The molecule has 106 valence electrons. The number of rotatable bonds is 4. The van der Waals surface area contributed by atoms with Gasteiger partial charge in [0.15, 0.2) is 5.71 Å². The Morgan fingerprint density at radius 3 is 2.42 bits per heavy atom. The van der Waals surface area contributed by atoms with E-state index in [2.05, 4.69) is 20.0 Å². The molecule has 19 heavy (non-hydrogen) atoms. The van der Waals surface area contributed by atoms with Gasteiger partial charge in [-0.3, -0.25) is 4.79 Å². The molecule has 0 aromatic carbocycles. The lowest BCUT2D eigenvalue weighted by Gasteiger charge is -2.24. The second-order valence-corrected chi connectivity index (χ2v) is 4.43. The molecule has 0 bridgehead atoms. The van der Waals surface area contributed by atoms with Crippen molar-refractivity contribution in [2.24, 2.45) is 5.16 Å². The second-order valence-electron chi connectivity index (χ2n) is 4.43. The maximum atomic E-state index is 11.5. The van der Waals surface area contributed by atoms with Crippen molar-refractivity contribution in [1.29, 1.82) is 0 Å². The molecule has 0 radical (unpaired) electrons. The molecule has 6 nitrogen and oxygen atoms in total. The number of hydrogen-bond donors (Lipinski definition) is 1. The SMILES string of the molecule is CO/N=C(\C=C1CCC(NC(C)=O)CC1)C(=O)OC. The van der Waals surface area contributed by atoms with Crippen LogP contribution in [0.3, 0.4) is 0 Å². The minimum Gasteiger partial charge on any atom is -0.464 e. The first-order valence-corrected chi connectivity index (χ1v) is 6.22. The first kappa shape index (κ1) is 15.2. The molecule has 1 saturated carbocycles. The zero-order valence-electron chi connectivity index (χ0n) is 11.6. The summed E-state index contributed by atoms with van der Waals surface area (Å²) >= 11 is 0. The standard InChI is InChI=1S/C13H20N2O4/c1-9(16)14-11-6-4-10(5-7-11)8-12(15-19-3)13(17)18-2/h8,11H,4-7H2,1-3H3,(H,14,16)/b10-8?,15-12+. The lowest BCUT2D eigenvalue weighted by molar-refractivity contribution is -0.132. The molecule has 0 aliphatic heterocycles. The van der Waals surface area contributed by atoms with Crippen LogP contribution >= 0.6 is 0 Å². The van der Waals surface area contributed by atoms with Crippen molar-refractivity contribution >= 4 is 17.6 Å². The average molecular weight is 268 g/mol. The van der Waals surface area contributed by atoms with Gasteiger partial charge in [0.1, 0.15) is 7.11 Å². The summed E-state index contributed by atoms with van der Waals surface area (Å²) in [7, 11) is 2.69. The molecule has 6 heteroatoms. The Labute approximate surface area is 112 Å². The fourth-order valence-corrected chi connectivity index (χ4v) is 2.08. The summed E-state index contributed by atoms with van der Waals surface area (Å²) in [5.74, 6) is -0.521. The summed E-state index contributed by atoms with van der Waals surface area (Å²) < 4.78 is 4.63. The number of esters is 1. The van der Waals surface area contributed by atoms with Crippen LogP contribution in [0.1, 0.15) is 32.6 Å². The number of nitrogens with one attached hydrogen (secondary N) is 1. The molecule has 1 aliphatic carbocycles. The lowest BCUT2D eigenvalue weighted by Crippen LogP contribution is -2.35. The number of ether oxygens (including phenoxy) is 1. The van der Waals surface area contributed by atoms with Crippen LogP contribution in [0.4, 0.5) is 0 Å². The minimum absolute atomic E-state index is 0.00590. The van der Waals surface area contributed by atoms with E-state index in [1.165, 1.54) is 21.1 Å². The van der Waals surface area contributed by atoms with Crippen LogP contribution in [0.5, 0.6) is 0 Å². The lowest BCUT2D eigenvalue weighted by atomic mass is 9.90. The highest BCUT2D eigenvalue weighted by atomic mass is 16.6. The summed E-state index contributed by atoms with van der Waals surface area (Å²) in [6, 6.07) is 0.218. The van der Waals surface area contributed by atoms with Crippen LogP contribution in [-0.2, 0) is 19.2 Å². The van der Waals surface area contributed by atoms with Gasteiger partial charge in [0, 0.05) is 13.0 Å². The first-order chi connectivity index (χ1) is 9.06. The third-order valence-electron chi connectivity index (χ3n) is 2.96. The molecule has 1 amide bonds. The molecule has 0 unspecified atom stereocenters. The molecule has 0 saturated heterocycles. The quantitative estimate of drug-likeness (QED) is 0.471. The smallest absolute Gasteiger partial charge is 0.360 e. The summed E-state index contributed by atoms with van der Waals surface area (Å²) in [4.78, 5) is 27.0. The van der Waals surface area contributed by atoms with Gasteiger partial charge in [-0.15, -0.1) is 0 Å². The first-order valence-electron chi connectivity index (χ1n) is 6.22. The van der Waals surface area contributed by atoms with Crippen LogP contribution in [0.15, 0.2) is 16.8 Å². The Balaban J connectivity index is 2.62. The minimum atomic E-state index is -0.515. The number of allylic oxidation sites excluding steroid dienone is 1. The number of carbonyl (C=O) groups excluding carboxylic acids is 2. The summed E-state index contributed by atoms with van der Waals surface area (Å²) in [6.07, 6.45) is 5.09. The van der Waals surface area contributed by atoms with E-state index in [9.17, 15) is 9.59 Å². The Hall–Kier alpha value is -1.85. The maximum absolute atomic E-state index is 11.5. The van der Waals surface area contributed by atoms with Gasteiger partial charge in [-0.25, -0.2) is 4.79 Å². The Morgan fingerprint density at radius 2 is 1.95 bits per heavy atom. The van der Waals surface area contributed by atoms with Gasteiger partial charge in [0.25, 0.3) is 0 Å². The fraction of sp³-hybridized carbons (Fsp3) is 0.615. The van der Waals surface area contributed by atoms with Crippen molar-refractivity contribution in [1.82, 2.24) is 5.32 Å². The average Bonchev–Trinajstić information content (AvgIpc) is 2.39. The van der Waals surface area contributed by atoms with Gasteiger partial charge < -0.3 is 14.9 Å². The van der Waals surface area contributed by atoms with Gasteiger partial charge in [-0.05, 0) is 31.8 Å². The van der Waals surface area contributed by atoms with E-state index < -0.39 is 5.97 Å². The highest BCUT2D eigenvalue weighted by Gasteiger charge is 2.19. The third kappa shape index (κ3) is 5.11. The topological polar surface area (TPSA) is 77.0 Å². The van der Waals surface area contributed by atoms with Crippen LogP contribution in [0, 0.1) is 0 Å². The number of amides is 1. The van der Waals surface area contributed by atoms with Gasteiger partial charge in [0.05, 0.1) is 7.11 Å². The van der Waals surface area contributed by atoms with Crippen molar-refractivity contribution < 1.29 is 19.2 Å². The van der Waals surface area contributed by atoms with Crippen molar-refractivity contribution in [3.63, 3.8) is 0 Å². The number of hydrogen-bond acceptors (Lipinski definition) is 5. The van der Waals surface area contributed by atoms with Crippen molar-refractivity contribution in [2.45, 2.75) is 38.6 Å². The predicted octanol–water partition coefficient (Wildman–Crippen LogP) is 1.17. The van der Waals surface area contributed by atoms with Crippen LogP contribution in [0.25, 0.3) is 0 Å². The van der Waals surface area contributed by atoms with Crippen LogP contribution in [0.2, 0.25) is 0 Å². The van der Waals surface area contributed by atoms with E-state index in [0.717, 1.165) is 31.3 Å². The van der Waals surface area contributed by atoms with Crippen LogP contribution < -0.4 is 5.32 Å². The number of nitrogens with zero attached hydrogens (tertiary/aromatic N) is 1. The molecule has 0 aromatic heterocycles. The van der Waals surface area contributed by atoms with Gasteiger partial charge in [-0.2, -0.15) is 0 Å². The molecule has 0 aromatic rings. The van der Waals surface area contributed by atoms with E-state index in [0.29, 0.717) is 0 Å². The fourth-order valence-electron chi connectivity index (χ4n) is 2.08. The Kier molecular flexibility index (Phi) is 6.05. The second kappa shape index (κ2) is 7.56. The van der Waals surface area contributed by atoms with E-state index >= 15 is 0 Å². The normalized spacial score (nSPS) is 19.6. The van der Waals surface area contributed by atoms with Gasteiger partial charge in [-0.1, -0.05) is 10.7 Å². The summed E-state index contributed by atoms with van der Waals surface area (Å²) in [5, 5.41) is 6.55. The molecular formula is C13H20N2O4. The summed E-state index contributed by atoms with van der Waals surface area (Å²) in [5.41, 5.74) is 1.28. The molecule has 0 spiro atoms. The molecule has 0 atom stereocenters. The highest BCUT2D eigenvalue weighted by molar-refractivity contribution is 6.41. The number of methoxy groups -OCH3 is 1. The Bertz CT molecular complexity index is 391. The largest absolute Gasteiger partial charge is 0.464 e. The molecule has 1 aliphatic rings.